The second-order valence-corrected chi connectivity index (χ2v) is 5.20. The molecule has 1 fully saturated rings. The Morgan fingerprint density at radius 2 is 2.28 bits per heavy atom. The molecule has 18 heavy (non-hydrogen) atoms. The van der Waals surface area contributed by atoms with E-state index >= 15 is 0 Å². The molecule has 5 nitrogen and oxygen atoms in total. The van der Waals surface area contributed by atoms with Gasteiger partial charge >= 0.3 is 5.97 Å². The van der Waals surface area contributed by atoms with Gasteiger partial charge in [-0.15, -0.1) is 0 Å². The van der Waals surface area contributed by atoms with Crippen LogP contribution in [0.25, 0.3) is 0 Å². The van der Waals surface area contributed by atoms with Crippen molar-refractivity contribution in [2.24, 2.45) is 0 Å². The van der Waals surface area contributed by atoms with Crippen LogP contribution in [0.3, 0.4) is 0 Å². The monoisotopic (exact) mass is 313 g/mol. The van der Waals surface area contributed by atoms with Gasteiger partial charge in [-0.25, -0.2) is 0 Å². The van der Waals surface area contributed by atoms with Gasteiger partial charge in [0, 0.05) is 30.3 Å². The van der Waals surface area contributed by atoms with E-state index in [0.717, 1.165) is 37.1 Å². The van der Waals surface area contributed by atoms with Crippen molar-refractivity contribution in [1.29, 1.82) is 0 Å². The Morgan fingerprint density at radius 1 is 1.44 bits per heavy atom. The highest BCUT2D eigenvalue weighted by molar-refractivity contribution is 9.10. The smallest absolute Gasteiger partial charge is 0.327 e. The molecule has 1 saturated heterocycles. The number of hydrogen-bond acceptors (Lipinski definition) is 4. The van der Waals surface area contributed by atoms with Crippen LogP contribution in [-0.2, 0) is 4.79 Å². The summed E-state index contributed by atoms with van der Waals surface area (Å²) in [6, 6.07) is 2.94. The highest BCUT2D eigenvalue weighted by atomic mass is 79.9. The van der Waals surface area contributed by atoms with E-state index in [1.807, 2.05) is 11.0 Å². The Hall–Kier alpha value is -0.980. The van der Waals surface area contributed by atoms with Crippen molar-refractivity contribution in [1.82, 2.24) is 15.2 Å². The number of carboxylic acid groups (broad SMARTS) is 1. The summed E-state index contributed by atoms with van der Waals surface area (Å²) in [6.45, 7) is 3.27. The highest BCUT2D eigenvalue weighted by Crippen LogP contribution is 2.21. The van der Waals surface area contributed by atoms with Crippen LogP contribution in [0.4, 0.5) is 0 Å². The van der Waals surface area contributed by atoms with Gasteiger partial charge in [0.05, 0.1) is 5.69 Å². The summed E-state index contributed by atoms with van der Waals surface area (Å²) in [6.07, 6.45) is 2.60. The predicted octanol–water partition coefficient (Wildman–Crippen LogP) is 1.27. The van der Waals surface area contributed by atoms with Crippen LogP contribution < -0.4 is 5.32 Å². The van der Waals surface area contributed by atoms with Crippen molar-refractivity contribution in [2.75, 3.05) is 26.2 Å². The Labute approximate surface area is 114 Å². The van der Waals surface area contributed by atoms with Gasteiger partial charge in [0.25, 0.3) is 0 Å². The fourth-order valence-corrected chi connectivity index (χ4v) is 2.38. The van der Waals surface area contributed by atoms with Crippen LogP contribution in [-0.4, -0.2) is 47.1 Å². The number of nitrogens with zero attached hydrogens (tertiary/aromatic N) is 2. The molecule has 1 unspecified atom stereocenters. The molecule has 0 aromatic carbocycles. The third-order valence-corrected chi connectivity index (χ3v) is 3.47. The summed E-state index contributed by atoms with van der Waals surface area (Å²) >= 11 is 3.31. The van der Waals surface area contributed by atoms with Gasteiger partial charge in [0.1, 0.15) is 0 Å². The Kier molecular flexibility index (Phi) is 4.68. The second kappa shape index (κ2) is 6.26. The quantitative estimate of drug-likeness (QED) is 0.879. The van der Waals surface area contributed by atoms with Gasteiger partial charge < -0.3 is 10.4 Å². The van der Waals surface area contributed by atoms with Gasteiger partial charge in [-0.05, 0) is 41.0 Å². The van der Waals surface area contributed by atoms with Crippen LogP contribution in [0.5, 0.6) is 0 Å². The predicted molar refractivity (Wildman–Crippen MR) is 71.4 cm³/mol. The maximum absolute atomic E-state index is 11.5. The van der Waals surface area contributed by atoms with E-state index in [-0.39, 0.29) is 0 Å². The first-order valence-corrected chi connectivity index (χ1v) is 6.77. The van der Waals surface area contributed by atoms with E-state index in [1.54, 1.807) is 12.3 Å². The maximum Gasteiger partial charge on any atom is 0.327 e. The van der Waals surface area contributed by atoms with Crippen molar-refractivity contribution < 1.29 is 9.90 Å². The van der Waals surface area contributed by atoms with E-state index < -0.39 is 12.0 Å². The Balaban J connectivity index is 2.21. The zero-order valence-corrected chi connectivity index (χ0v) is 11.6. The number of rotatable bonds is 3. The normalized spacial score (nSPS) is 19.2. The van der Waals surface area contributed by atoms with Gasteiger partial charge in [0.15, 0.2) is 6.04 Å². The summed E-state index contributed by atoms with van der Waals surface area (Å²) in [5, 5.41) is 12.7. The van der Waals surface area contributed by atoms with Gasteiger partial charge in [0.2, 0.25) is 0 Å². The van der Waals surface area contributed by atoms with Crippen molar-refractivity contribution in [3.05, 3.63) is 28.5 Å². The molecule has 1 atom stereocenters. The van der Waals surface area contributed by atoms with Crippen LogP contribution in [0, 0.1) is 0 Å². The van der Waals surface area contributed by atoms with E-state index in [2.05, 4.69) is 26.2 Å². The molecule has 0 spiro atoms. The van der Waals surface area contributed by atoms with Crippen LogP contribution in [0.15, 0.2) is 22.8 Å². The fourth-order valence-electron chi connectivity index (χ4n) is 2.14. The van der Waals surface area contributed by atoms with Crippen molar-refractivity contribution in [3.63, 3.8) is 0 Å². The molecule has 0 saturated carbocycles. The zero-order chi connectivity index (χ0) is 13.0. The summed E-state index contributed by atoms with van der Waals surface area (Å²) in [4.78, 5) is 17.7. The lowest BCUT2D eigenvalue weighted by Gasteiger charge is -2.26. The molecule has 2 rings (SSSR count). The number of aliphatic carboxylic acids is 1. The number of aromatic nitrogens is 1. The Morgan fingerprint density at radius 3 is 2.94 bits per heavy atom. The van der Waals surface area contributed by atoms with E-state index in [0.29, 0.717) is 5.69 Å². The van der Waals surface area contributed by atoms with Crippen molar-refractivity contribution in [3.8, 4) is 0 Å². The lowest BCUT2D eigenvalue weighted by Crippen LogP contribution is -2.37. The molecule has 0 amide bonds. The molecule has 6 heteroatoms. The molecular weight excluding hydrogens is 298 g/mol. The summed E-state index contributed by atoms with van der Waals surface area (Å²) < 4.78 is 0.855. The average molecular weight is 314 g/mol. The molecule has 1 aromatic heterocycles. The summed E-state index contributed by atoms with van der Waals surface area (Å²) in [5.74, 6) is -0.841. The van der Waals surface area contributed by atoms with E-state index in [4.69, 9.17) is 0 Å². The number of carbonyl (C=O) groups is 1. The number of nitrogens with one attached hydrogen (secondary N) is 1. The van der Waals surface area contributed by atoms with Gasteiger partial charge in [-0.1, -0.05) is 0 Å². The first-order valence-electron chi connectivity index (χ1n) is 5.97. The molecule has 1 aliphatic rings. The van der Waals surface area contributed by atoms with E-state index in [1.165, 1.54) is 0 Å². The fraction of sp³-hybridized carbons (Fsp3) is 0.500. The molecule has 1 aliphatic heterocycles. The zero-order valence-electron chi connectivity index (χ0n) is 9.97. The molecule has 2 heterocycles. The maximum atomic E-state index is 11.5. The number of pyridine rings is 1. The summed E-state index contributed by atoms with van der Waals surface area (Å²) in [7, 11) is 0. The number of hydrogen-bond donors (Lipinski definition) is 2. The van der Waals surface area contributed by atoms with Crippen LogP contribution in [0.2, 0.25) is 0 Å². The lowest BCUT2D eigenvalue weighted by molar-refractivity contribution is -0.143. The molecule has 0 bridgehead atoms. The number of halogens is 1. The third-order valence-electron chi connectivity index (χ3n) is 3.00. The minimum Gasteiger partial charge on any atom is -0.480 e. The number of carboxylic acids is 1. The second-order valence-electron chi connectivity index (χ2n) is 4.28. The van der Waals surface area contributed by atoms with Crippen LogP contribution in [0.1, 0.15) is 18.2 Å². The topological polar surface area (TPSA) is 65.5 Å². The van der Waals surface area contributed by atoms with Crippen molar-refractivity contribution in [2.45, 2.75) is 12.5 Å². The highest BCUT2D eigenvalue weighted by Gasteiger charge is 2.28. The summed E-state index contributed by atoms with van der Waals surface area (Å²) in [5.41, 5.74) is 0.590. The molecule has 0 aliphatic carbocycles. The molecule has 2 N–H and O–H groups in total. The van der Waals surface area contributed by atoms with Crippen LogP contribution >= 0.6 is 15.9 Å². The Bertz CT molecular complexity index is 402. The first-order chi connectivity index (χ1) is 8.68. The molecular formula is C12H16BrN3O2. The lowest BCUT2D eigenvalue weighted by atomic mass is 10.1. The molecule has 0 radical (unpaired) electrons. The van der Waals surface area contributed by atoms with E-state index in [9.17, 15) is 9.90 Å². The average Bonchev–Trinajstić information content (AvgIpc) is 2.60. The minimum absolute atomic E-state index is 0.590. The first kappa shape index (κ1) is 13.5. The van der Waals surface area contributed by atoms with Gasteiger partial charge in [-0.3, -0.25) is 14.7 Å². The molecule has 98 valence electrons. The minimum atomic E-state index is -0.841. The third kappa shape index (κ3) is 3.28. The molecule has 1 aromatic rings. The SMILES string of the molecule is O=C(O)C(c1ccc(Br)cn1)N1CCCNCC1. The van der Waals surface area contributed by atoms with Crippen molar-refractivity contribution >= 4 is 21.9 Å². The van der Waals surface area contributed by atoms with Gasteiger partial charge in [-0.2, -0.15) is 0 Å². The largest absolute Gasteiger partial charge is 0.480 e. The standard InChI is InChI=1S/C12H16BrN3O2/c13-9-2-3-10(15-8-9)11(12(17)18)16-6-1-4-14-5-7-16/h2-3,8,11,14H,1,4-7H2,(H,17,18).